The zero-order chi connectivity index (χ0) is 16.0. The van der Waals surface area contributed by atoms with Gasteiger partial charge in [0.25, 0.3) is 5.56 Å². The number of carbonyl (C=O) groups excluding carboxylic acids is 1. The van der Waals surface area contributed by atoms with E-state index in [0.717, 1.165) is 10.9 Å². The van der Waals surface area contributed by atoms with Gasteiger partial charge < -0.3 is 5.32 Å². The largest absolute Gasteiger partial charge is 0.355 e. The van der Waals surface area contributed by atoms with Crippen LogP contribution in [0.2, 0.25) is 0 Å². The number of rotatable bonds is 5. The van der Waals surface area contributed by atoms with Gasteiger partial charge in [-0.25, -0.2) is 4.68 Å². The molecule has 8 heteroatoms. The van der Waals surface area contributed by atoms with E-state index in [-0.39, 0.29) is 23.4 Å². The van der Waals surface area contributed by atoms with Crippen LogP contribution in [0.15, 0.2) is 16.9 Å². The van der Waals surface area contributed by atoms with E-state index in [1.165, 1.54) is 30.0 Å². The monoisotopic (exact) mass is 331 g/mol. The van der Waals surface area contributed by atoms with Crippen LogP contribution in [0.5, 0.6) is 0 Å². The Morgan fingerprint density at radius 3 is 2.83 bits per heavy atom. The zero-order valence-electron chi connectivity index (χ0n) is 12.8. The van der Waals surface area contributed by atoms with Crippen LogP contribution < -0.4 is 10.9 Å². The topological polar surface area (TPSA) is 89.8 Å². The molecule has 1 amide bonds. The Labute approximate surface area is 136 Å². The minimum absolute atomic E-state index is 0.0855. The second kappa shape index (κ2) is 5.23. The summed E-state index contributed by atoms with van der Waals surface area (Å²) in [4.78, 5) is 23.5. The van der Waals surface area contributed by atoms with E-state index >= 15 is 0 Å². The van der Waals surface area contributed by atoms with E-state index in [1.54, 1.807) is 17.4 Å². The van der Waals surface area contributed by atoms with Crippen molar-refractivity contribution in [2.45, 2.75) is 38.1 Å². The standard InChI is InChI=1S/C15H17N5O2S/c1-2-16-11(21)8-20-12(22)4-3-10(19-20)13-17-18-14(23-13)15-5-9(6-15)7-15/h3-4,9H,2,5-8H2,1H3,(H,16,21). The molecule has 5 rings (SSSR count). The lowest BCUT2D eigenvalue weighted by atomic mass is 9.45. The SMILES string of the molecule is CCNC(=O)Cn1nc(-c2nnc(C34CC(C3)C4)s2)ccc1=O. The highest BCUT2D eigenvalue weighted by Gasteiger charge is 2.59. The lowest BCUT2D eigenvalue weighted by Gasteiger charge is -2.60. The summed E-state index contributed by atoms with van der Waals surface area (Å²) in [6, 6.07) is 3.06. The molecule has 3 saturated carbocycles. The van der Waals surface area contributed by atoms with Gasteiger partial charge in [-0.1, -0.05) is 11.3 Å². The Kier molecular flexibility index (Phi) is 3.29. The Morgan fingerprint density at radius 1 is 1.39 bits per heavy atom. The van der Waals surface area contributed by atoms with E-state index in [1.807, 2.05) is 6.92 Å². The number of amides is 1. The van der Waals surface area contributed by atoms with E-state index in [4.69, 9.17) is 0 Å². The van der Waals surface area contributed by atoms with Gasteiger partial charge in [0.1, 0.15) is 17.2 Å². The van der Waals surface area contributed by atoms with Crippen molar-refractivity contribution in [3.05, 3.63) is 27.5 Å². The van der Waals surface area contributed by atoms with Crippen LogP contribution in [0.25, 0.3) is 10.7 Å². The van der Waals surface area contributed by atoms with Crippen LogP contribution in [0.4, 0.5) is 0 Å². The molecule has 2 aromatic rings. The summed E-state index contributed by atoms with van der Waals surface area (Å²) in [6.45, 7) is 2.27. The second-order valence-corrected chi connectivity index (χ2v) is 7.32. The van der Waals surface area contributed by atoms with Crippen molar-refractivity contribution in [1.82, 2.24) is 25.3 Å². The molecule has 7 nitrogen and oxygen atoms in total. The number of likely N-dealkylation sites (N-methyl/N-ethyl adjacent to an activating group) is 1. The van der Waals surface area contributed by atoms with Crippen molar-refractivity contribution < 1.29 is 4.79 Å². The molecule has 0 radical (unpaired) electrons. The average Bonchev–Trinajstić information content (AvgIpc) is 2.87. The Balaban J connectivity index is 1.59. The number of hydrogen-bond donors (Lipinski definition) is 1. The highest BCUT2D eigenvalue weighted by molar-refractivity contribution is 7.14. The lowest BCUT2D eigenvalue weighted by molar-refractivity contribution is -0.121. The molecule has 2 heterocycles. The number of hydrogen-bond acceptors (Lipinski definition) is 6. The van der Waals surface area contributed by atoms with Crippen LogP contribution in [0.1, 0.15) is 31.2 Å². The van der Waals surface area contributed by atoms with Gasteiger partial charge in [0.15, 0.2) is 5.01 Å². The molecule has 0 unspecified atom stereocenters. The molecule has 3 aliphatic carbocycles. The molecule has 0 spiro atoms. The van der Waals surface area contributed by atoms with Crippen LogP contribution in [0.3, 0.4) is 0 Å². The fraction of sp³-hybridized carbons (Fsp3) is 0.533. The lowest BCUT2D eigenvalue weighted by Crippen LogP contribution is -2.55. The molecule has 0 saturated heterocycles. The van der Waals surface area contributed by atoms with Crippen LogP contribution in [-0.4, -0.2) is 32.4 Å². The van der Waals surface area contributed by atoms with Crippen molar-refractivity contribution in [2.75, 3.05) is 6.54 Å². The third-order valence-electron chi connectivity index (χ3n) is 4.67. The molecule has 0 aromatic carbocycles. The van der Waals surface area contributed by atoms with E-state index < -0.39 is 0 Å². The maximum atomic E-state index is 11.9. The molecular weight excluding hydrogens is 314 g/mol. The summed E-state index contributed by atoms with van der Waals surface area (Å²) >= 11 is 1.55. The van der Waals surface area contributed by atoms with Crippen LogP contribution in [-0.2, 0) is 16.8 Å². The van der Waals surface area contributed by atoms with Gasteiger partial charge in [0.05, 0.1) is 0 Å². The minimum Gasteiger partial charge on any atom is -0.355 e. The summed E-state index contributed by atoms with van der Waals surface area (Å²) in [5.74, 6) is 0.658. The number of carbonyl (C=O) groups is 1. The first-order valence-corrected chi connectivity index (χ1v) is 8.60. The third kappa shape index (κ3) is 2.37. The van der Waals surface area contributed by atoms with Crippen molar-refractivity contribution in [2.24, 2.45) is 5.92 Å². The Hall–Kier alpha value is -2.09. The Bertz CT molecular complexity index is 810. The smallest absolute Gasteiger partial charge is 0.267 e. The van der Waals surface area contributed by atoms with Gasteiger partial charge in [-0.3, -0.25) is 9.59 Å². The van der Waals surface area contributed by atoms with Gasteiger partial charge in [-0.05, 0) is 38.2 Å². The minimum atomic E-state index is -0.302. The molecule has 3 aliphatic rings. The molecular formula is C15H17N5O2S. The quantitative estimate of drug-likeness (QED) is 0.881. The van der Waals surface area contributed by atoms with Crippen LogP contribution >= 0.6 is 11.3 Å². The van der Waals surface area contributed by atoms with E-state index in [9.17, 15) is 9.59 Å². The fourth-order valence-corrected chi connectivity index (χ4v) is 4.37. The molecule has 0 aliphatic heterocycles. The zero-order valence-corrected chi connectivity index (χ0v) is 13.6. The summed E-state index contributed by atoms with van der Waals surface area (Å²) < 4.78 is 1.17. The first-order chi connectivity index (χ1) is 11.1. The summed E-state index contributed by atoms with van der Waals surface area (Å²) in [5.41, 5.74) is 0.559. The van der Waals surface area contributed by atoms with Gasteiger partial charge in [-0.15, -0.1) is 10.2 Å². The van der Waals surface area contributed by atoms with Gasteiger partial charge >= 0.3 is 0 Å². The molecule has 1 N–H and O–H groups in total. The average molecular weight is 331 g/mol. The number of aromatic nitrogens is 4. The summed E-state index contributed by atoms with van der Waals surface area (Å²) in [5, 5.41) is 17.3. The van der Waals surface area contributed by atoms with Crippen molar-refractivity contribution in [3.63, 3.8) is 0 Å². The molecule has 2 bridgehead atoms. The Morgan fingerprint density at radius 2 is 2.17 bits per heavy atom. The molecule has 0 atom stereocenters. The van der Waals surface area contributed by atoms with Gasteiger partial charge in [0, 0.05) is 18.0 Å². The first kappa shape index (κ1) is 14.5. The highest BCUT2D eigenvalue weighted by Crippen LogP contribution is 2.65. The highest BCUT2D eigenvalue weighted by atomic mass is 32.1. The molecule has 120 valence electrons. The maximum absolute atomic E-state index is 11.9. The molecule has 3 fully saturated rings. The van der Waals surface area contributed by atoms with Gasteiger partial charge in [0.2, 0.25) is 5.91 Å². The third-order valence-corrected chi connectivity index (χ3v) is 5.86. The summed E-state index contributed by atoms with van der Waals surface area (Å²) in [7, 11) is 0. The summed E-state index contributed by atoms with van der Waals surface area (Å²) in [6.07, 6.45) is 3.68. The van der Waals surface area contributed by atoms with E-state index in [2.05, 4.69) is 20.6 Å². The first-order valence-electron chi connectivity index (χ1n) is 7.79. The number of nitrogens with one attached hydrogen (secondary N) is 1. The normalized spacial score (nSPS) is 24.7. The van der Waals surface area contributed by atoms with Crippen molar-refractivity contribution in [1.29, 1.82) is 0 Å². The molecule has 23 heavy (non-hydrogen) atoms. The molecule has 2 aromatic heterocycles. The maximum Gasteiger partial charge on any atom is 0.267 e. The number of nitrogens with zero attached hydrogens (tertiary/aromatic N) is 4. The van der Waals surface area contributed by atoms with Crippen LogP contribution in [0, 0.1) is 5.92 Å². The predicted octanol–water partition coefficient (Wildman–Crippen LogP) is 0.949. The second-order valence-electron chi connectivity index (χ2n) is 6.34. The fourth-order valence-electron chi connectivity index (χ4n) is 3.35. The van der Waals surface area contributed by atoms with Gasteiger partial charge in [-0.2, -0.15) is 5.10 Å². The van der Waals surface area contributed by atoms with Crippen molar-refractivity contribution in [3.8, 4) is 10.7 Å². The predicted molar refractivity (Wildman–Crippen MR) is 85.1 cm³/mol. The van der Waals surface area contributed by atoms with E-state index in [0.29, 0.717) is 17.2 Å². The van der Waals surface area contributed by atoms with Crippen molar-refractivity contribution >= 4 is 17.2 Å².